The summed E-state index contributed by atoms with van der Waals surface area (Å²) in [7, 11) is 3.44. The quantitative estimate of drug-likeness (QED) is 0.573. The van der Waals surface area contributed by atoms with Crippen LogP contribution in [-0.4, -0.2) is 73.6 Å². The summed E-state index contributed by atoms with van der Waals surface area (Å²) in [6.07, 6.45) is 1.53. The van der Waals surface area contributed by atoms with Crippen LogP contribution in [0.4, 0.5) is 0 Å². The molecule has 0 aromatic carbocycles. The van der Waals surface area contributed by atoms with Gasteiger partial charge >= 0.3 is 0 Å². The van der Waals surface area contributed by atoms with E-state index in [0.717, 1.165) is 6.42 Å². The Kier molecular flexibility index (Phi) is 9.22. The standard InChI is InChI=1S/C12H25N3O3/c1-4-6-13-11(17)9-15(3)12(18)10-14(2)7-5-8-16/h16H,4-10H2,1-3H3,(H,13,17). The van der Waals surface area contributed by atoms with Gasteiger partial charge in [-0.05, 0) is 19.9 Å². The lowest BCUT2D eigenvalue weighted by Crippen LogP contribution is -2.42. The molecule has 0 aliphatic carbocycles. The lowest BCUT2D eigenvalue weighted by molar-refractivity contribution is -0.135. The van der Waals surface area contributed by atoms with Crippen molar-refractivity contribution in [2.24, 2.45) is 0 Å². The van der Waals surface area contributed by atoms with Crippen LogP contribution in [-0.2, 0) is 9.59 Å². The van der Waals surface area contributed by atoms with Gasteiger partial charge in [0, 0.05) is 26.7 Å². The van der Waals surface area contributed by atoms with Gasteiger partial charge in [0.1, 0.15) is 0 Å². The minimum absolute atomic E-state index is 0.0900. The van der Waals surface area contributed by atoms with Crippen LogP contribution in [0.3, 0.4) is 0 Å². The predicted molar refractivity (Wildman–Crippen MR) is 70.1 cm³/mol. The second-order valence-corrected chi connectivity index (χ2v) is 4.41. The molecule has 0 fully saturated rings. The fourth-order valence-electron chi connectivity index (χ4n) is 1.40. The summed E-state index contributed by atoms with van der Waals surface area (Å²) in [6, 6.07) is 0. The Labute approximate surface area is 109 Å². The second-order valence-electron chi connectivity index (χ2n) is 4.41. The number of carbonyl (C=O) groups excluding carboxylic acids is 2. The maximum absolute atomic E-state index is 11.8. The number of amides is 2. The molecule has 0 saturated heterocycles. The molecule has 2 N–H and O–H groups in total. The highest BCUT2D eigenvalue weighted by Gasteiger charge is 2.14. The number of likely N-dealkylation sites (N-methyl/N-ethyl adjacent to an activating group) is 2. The summed E-state index contributed by atoms with van der Waals surface area (Å²) in [5.74, 6) is -0.229. The molecule has 0 aromatic heterocycles. The topological polar surface area (TPSA) is 72.9 Å². The van der Waals surface area contributed by atoms with Crippen molar-refractivity contribution in [1.29, 1.82) is 0 Å². The molecule has 0 atom stereocenters. The molecule has 106 valence electrons. The summed E-state index contributed by atoms with van der Waals surface area (Å²) in [5.41, 5.74) is 0. The van der Waals surface area contributed by atoms with Crippen LogP contribution in [0.2, 0.25) is 0 Å². The van der Waals surface area contributed by atoms with E-state index in [9.17, 15) is 9.59 Å². The number of carbonyl (C=O) groups is 2. The number of hydrogen-bond acceptors (Lipinski definition) is 4. The lowest BCUT2D eigenvalue weighted by Gasteiger charge is -2.21. The number of aliphatic hydroxyl groups excluding tert-OH is 1. The van der Waals surface area contributed by atoms with Gasteiger partial charge in [-0.2, -0.15) is 0 Å². The molecule has 0 aromatic rings. The highest BCUT2D eigenvalue weighted by Crippen LogP contribution is 1.91. The fourth-order valence-corrected chi connectivity index (χ4v) is 1.40. The van der Waals surface area contributed by atoms with Crippen molar-refractivity contribution in [2.45, 2.75) is 19.8 Å². The monoisotopic (exact) mass is 259 g/mol. The predicted octanol–water partition coefficient (Wildman–Crippen LogP) is -0.715. The molecule has 0 aliphatic rings. The highest BCUT2D eigenvalue weighted by atomic mass is 16.3. The summed E-state index contributed by atoms with van der Waals surface area (Å²) < 4.78 is 0. The molecule has 6 heteroatoms. The summed E-state index contributed by atoms with van der Waals surface area (Å²) in [4.78, 5) is 26.4. The molecule has 6 nitrogen and oxygen atoms in total. The number of hydrogen-bond donors (Lipinski definition) is 2. The van der Waals surface area contributed by atoms with Crippen LogP contribution < -0.4 is 5.32 Å². The van der Waals surface area contributed by atoms with E-state index < -0.39 is 0 Å². The minimum Gasteiger partial charge on any atom is -0.396 e. The molecule has 0 rings (SSSR count). The van der Waals surface area contributed by atoms with Crippen molar-refractivity contribution in [3.05, 3.63) is 0 Å². The first-order valence-corrected chi connectivity index (χ1v) is 6.31. The molecule has 0 heterocycles. The number of rotatable bonds is 9. The van der Waals surface area contributed by atoms with E-state index >= 15 is 0 Å². The first-order chi connectivity index (χ1) is 8.51. The molecule has 0 radical (unpaired) electrons. The Morgan fingerprint density at radius 3 is 2.44 bits per heavy atom. The number of nitrogens with zero attached hydrogens (tertiary/aromatic N) is 2. The van der Waals surface area contributed by atoms with Crippen molar-refractivity contribution in [3.63, 3.8) is 0 Å². The third-order valence-electron chi connectivity index (χ3n) is 2.48. The number of aliphatic hydroxyl groups is 1. The Balaban J connectivity index is 3.91. The molecular weight excluding hydrogens is 234 g/mol. The highest BCUT2D eigenvalue weighted by molar-refractivity contribution is 5.85. The summed E-state index contributed by atoms with van der Waals surface area (Å²) >= 11 is 0. The average molecular weight is 259 g/mol. The molecule has 0 bridgehead atoms. The molecule has 0 saturated carbocycles. The van der Waals surface area contributed by atoms with Gasteiger partial charge in [0.15, 0.2) is 0 Å². The SMILES string of the molecule is CCCNC(=O)CN(C)C(=O)CN(C)CCCO. The van der Waals surface area contributed by atoms with Gasteiger partial charge in [-0.15, -0.1) is 0 Å². The van der Waals surface area contributed by atoms with Crippen LogP contribution in [0.15, 0.2) is 0 Å². The largest absolute Gasteiger partial charge is 0.396 e. The van der Waals surface area contributed by atoms with Crippen molar-refractivity contribution in [3.8, 4) is 0 Å². The molecule has 18 heavy (non-hydrogen) atoms. The van der Waals surface area contributed by atoms with Crippen LogP contribution in [0.1, 0.15) is 19.8 Å². The van der Waals surface area contributed by atoms with E-state index in [4.69, 9.17) is 5.11 Å². The van der Waals surface area contributed by atoms with Crippen LogP contribution in [0.5, 0.6) is 0 Å². The van der Waals surface area contributed by atoms with Crippen molar-refractivity contribution in [2.75, 3.05) is 46.9 Å². The average Bonchev–Trinajstić information content (AvgIpc) is 2.33. The van der Waals surface area contributed by atoms with E-state index in [1.165, 1.54) is 4.90 Å². The van der Waals surface area contributed by atoms with E-state index in [1.807, 2.05) is 18.9 Å². The van der Waals surface area contributed by atoms with Crippen molar-refractivity contribution < 1.29 is 14.7 Å². The zero-order valence-corrected chi connectivity index (χ0v) is 11.6. The van der Waals surface area contributed by atoms with Gasteiger partial charge in [0.25, 0.3) is 0 Å². The van der Waals surface area contributed by atoms with Gasteiger partial charge in [0.2, 0.25) is 11.8 Å². The normalized spacial score (nSPS) is 10.5. The van der Waals surface area contributed by atoms with Gasteiger partial charge in [-0.25, -0.2) is 0 Å². The second kappa shape index (κ2) is 9.85. The van der Waals surface area contributed by atoms with E-state index in [2.05, 4.69) is 5.32 Å². The van der Waals surface area contributed by atoms with Gasteiger partial charge in [-0.3, -0.25) is 14.5 Å². The zero-order valence-electron chi connectivity index (χ0n) is 11.6. The summed E-state index contributed by atoms with van der Waals surface area (Å²) in [6.45, 7) is 3.75. The zero-order chi connectivity index (χ0) is 14.0. The van der Waals surface area contributed by atoms with E-state index in [0.29, 0.717) is 19.5 Å². The molecule has 0 spiro atoms. The van der Waals surface area contributed by atoms with Gasteiger partial charge < -0.3 is 15.3 Å². The maximum atomic E-state index is 11.8. The lowest BCUT2D eigenvalue weighted by atomic mass is 10.4. The third kappa shape index (κ3) is 8.03. The Bertz CT molecular complexity index is 259. The van der Waals surface area contributed by atoms with Crippen LogP contribution in [0, 0.1) is 0 Å². The molecule has 0 aliphatic heterocycles. The van der Waals surface area contributed by atoms with Crippen molar-refractivity contribution >= 4 is 11.8 Å². The first-order valence-electron chi connectivity index (χ1n) is 6.31. The van der Waals surface area contributed by atoms with Gasteiger partial charge in [-0.1, -0.05) is 6.92 Å². The van der Waals surface area contributed by atoms with E-state index in [-0.39, 0.29) is 31.5 Å². The molecule has 0 unspecified atom stereocenters. The molecule has 2 amide bonds. The van der Waals surface area contributed by atoms with E-state index in [1.54, 1.807) is 7.05 Å². The molecular formula is C12H25N3O3. The Hall–Kier alpha value is -1.14. The van der Waals surface area contributed by atoms with Crippen molar-refractivity contribution in [1.82, 2.24) is 15.1 Å². The maximum Gasteiger partial charge on any atom is 0.239 e. The Morgan fingerprint density at radius 2 is 1.89 bits per heavy atom. The summed E-state index contributed by atoms with van der Waals surface area (Å²) in [5, 5.41) is 11.4. The fraction of sp³-hybridized carbons (Fsp3) is 0.833. The number of nitrogens with one attached hydrogen (secondary N) is 1. The van der Waals surface area contributed by atoms with Crippen LogP contribution >= 0.6 is 0 Å². The first kappa shape index (κ1) is 16.9. The smallest absolute Gasteiger partial charge is 0.239 e. The minimum atomic E-state index is -0.134. The van der Waals surface area contributed by atoms with Crippen LogP contribution in [0.25, 0.3) is 0 Å². The van der Waals surface area contributed by atoms with Gasteiger partial charge in [0.05, 0.1) is 13.1 Å². The Morgan fingerprint density at radius 1 is 1.22 bits per heavy atom. The third-order valence-corrected chi connectivity index (χ3v) is 2.48.